The SMILES string of the molecule is COc1ccc2c(Cl)cccc2c1OC=O. The third kappa shape index (κ3) is 1.70. The molecule has 0 amide bonds. The zero-order valence-electron chi connectivity index (χ0n) is 8.57. The van der Waals surface area contributed by atoms with E-state index >= 15 is 0 Å². The number of hydrogen-bond donors (Lipinski definition) is 0. The van der Waals surface area contributed by atoms with Gasteiger partial charge in [-0.15, -0.1) is 0 Å². The largest absolute Gasteiger partial charge is 0.493 e. The van der Waals surface area contributed by atoms with Crippen LogP contribution in [0.1, 0.15) is 0 Å². The number of methoxy groups -OCH3 is 1. The van der Waals surface area contributed by atoms with E-state index in [0.29, 0.717) is 23.0 Å². The van der Waals surface area contributed by atoms with Crippen molar-refractivity contribution in [1.29, 1.82) is 0 Å². The molecule has 0 fully saturated rings. The molecule has 2 rings (SSSR count). The van der Waals surface area contributed by atoms with E-state index in [2.05, 4.69) is 0 Å². The van der Waals surface area contributed by atoms with E-state index in [1.54, 1.807) is 18.2 Å². The van der Waals surface area contributed by atoms with Crippen LogP contribution in [-0.2, 0) is 4.79 Å². The van der Waals surface area contributed by atoms with Crippen LogP contribution in [0.3, 0.4) is 0 Å². The highest BCUT2D eigenvalue weighted by Crippen LogP contribution is 2.37. The van der Waals surface area contributed by atoms with Crippen molar-refractivity contribution in [3.8, 4) is 11.5 Å². The summed E-state index contributed by atoms with van der Waals surface area (Å²) < 4.78 is 10.1. The molecule has 82 valence electrons. The molecule has 16 heavy (non-hydrogen) atoms. The molecule has 0 unspecified atom stereocenters. The molecule has 0 aromatic heterocycles. The van der Waals surface area contributed by atoms with Gasteiger partial charge in [0.15, 0.2) is 11.5 Å². The number of halogens is 1. The molecule has 0 atom stereocenters. The molecule has 0 aliphatic rings. The molecule has 0 N–H and O–H groups in total. The van der Waals surface area contributed by atoms with Crippen LogP contribution in [0.4, 0.5) is 0 Å². The first-order valence-electron chi connectivity index (χ1n) is 4.63. The summed E-state index contributed by atoms with van der Waals surface area (Å²) in [5.74, 6) is 0.888. The van der Waals surface area contributed by atoms with Crippen LogP contribution in [0.25, 0.3) is 10.8 Å². The van der Waals surface area contributed by atoms with Crippen molar-refractivity contribution in [2.45, 2.75) is 0 Å². The predicted molar refractivity (Wildman–Crippen MR) is 62.2 cm³/mol. The first-order valence-corrected chi connectivity index (χ1v) is 5.01. The van der Waals surface area contributed by atoms with E-state index < -0.39 is 0 Å². The fourth-order valence-electron chi connectivity index (χ4n) is 1.60. The Morgan fingerprint density at radius 1 is 1.19 bits per heavy atom. The zero-order chi connectivity index (χ0) is 11.5. The van der Waals surface area contributed by atoms with Gasteiger partial charge in [0.1, 0.15) is 0 Å². The number of fused-ring (bicyclic) bond motifs is 1. The summed E-state index contributed by atoms with van der Waals surface area (Å²) in [7, 11) is 1.52. The van der Waals surface area contributed by atoms with Crippen molar-refractivity contribution in [2.75, 3.05) is 7.11 Å². The van der Waals surface area contributed by atoms with E-state index in [1.165, 1.54) is 7.11 Å². The van der Waals surface area contributed by atoms with Gasteiger partial charge in [0.05, 0.1) is 7.11 Å². The minimum atomic E-state index is 0.373. The van der Waals surface area contributed by atoms with Crippen molar-refractivity contribution >= 4 is 28.8 Å². The Hall–Kier alpha value is -1.74. The van der Waals surface area contributed by atoms with E-state index in [1.807, 2.05) is 12.1 Å². The Bertz CT molecular complexity index is 537. The average molecular weight is 237 g/mol. The number of benzene rings is 2. The van der Waals surface area contributed by atoms with Crippen LogP contribution in [0.15, 0.2) is 30.3 Å². The summed E-state index contributed by atoms with van der Waals surface area (Å²) in [6.45, 7) is 0.373. The Balaban J connectivity index is 2.78. The molecule has 3 nitrogen and oxygen atoms in total. The van der Waals surface area contributed by atoms with Crippen LogP contribution in [0.5, 0.6) is 11.5 Å². The smallest absolute Gasteiger partial charge is 0.298 e. The van der Waals surface area contributed by atoms with Gasteiger partial charge in [-0.3, -0.25) is 4.79 Å². The molecular weight excluding hydrogens is 228 g/mol. The lowest BCUT2D eigenvalue weighted by Crippen LogP contribution is -1.94. The third-order valence-electron chi connectivity index (χ3n) is 2.31. The summed E-state index contributed by atoms with van der Waals surface area (Å²) in [4.78, 5) is 10.5. The van der Waals surface area contributed by atoms with Gasteiger partial charge in [0, 0.05) is 15.8 Å². The molecule has 0 saturated heterocycles. The lowest BCUT2D eigenvalue weighted by molar-refractivity contribution is -0.120. The number of hydrogen-bond acceptors (Lipinski definition) is 3. The normalized spacial score (nSPS) is 10.1. The van der Waals surface area contributed by atoms with Crippen molar-refractivity contribution in [3.63, 3.8) is 0 Å². The van der Waals surface area contributed by atoms with Gasteiger partial charge in [-0.25, -0.2) is 0 Å². The van der Waals surface area contributed by atoms with Crippen molar-refractivity contribution in [2.24, 2.45) is 0 Å². The van der Waals surface area contributed by atoms with Crippen LogP contribution in [0, 0.1) is 0 Å². The maximum Gasteiger partial charge on any atom is 0.298 e. The first kappa shape index (κ1) is 10.8. The van der Waals surface area contributed by atoms with Gasteiger partial charge in [-0.05, 0) is 18.2 Å². The van der Waals surface area contributed by atoms with Crippen molar-refractivity contribution < 1.29 is 14.3 Å². The average Bonchev–Trinajstić information content (AvgIpc) is 2.30. The van der Waals surface area contributed by atoms with Gasteiger partial charge in [-0.2, -0.15) is 0 Å². The molecule has 0 heterocycles. The third-order valence-corrected chi connectivity index (χ3v) is 2.64. The molecule has 4 heteroatoms. The van der Waals surface area contributed by atoms with Crippen LogP contribution in [0.2, 0.25) is 5.02 Å². The topological polar surface area (TPSA) is 35.5 Å². The quantitative estimate of drug-likeness (QED) is 0.769. The number of rotatable bonds is 3. The zero-order valence-corrected chi connectivity index (χ0v) is 9.32. The van der Waals surface area contributed by atoms with Crippen molar-refractivity contribution in [1.82, 2.24) is 0 Å². The first-order chi connectivity index (χ1) is 7.77. The molecule has 0 aliphatic carbocycles. The van der Waals surface area contributed by atoms with E-state index in [9.17, 15) is 4.79 Å². The molecule has 2 aromatic carbocycles. The van der Waals surface area contributed by atoms with Gasteiger partial charge in [0.25, 0.3) is 6.47 Å². The molecule has 0 bridgehead atoms. The standard InChI is InChI=1S/C12H9ClO3/c1-15-11-6-5-8-9(12(11)16-7-14)3-2-4-10(8)13/h2-7H,1H3. The maximum absolute atomic E-state index is 10.5. The predicted octanol–water partition coefficient (Wildman–Crippen LogP) is 3.04. The molecule has 2 aromatic rings. The summed E-state index contributed by atoms with van der Waals surface area (Å²) in [6, 6.07) is 8.94. The second-order valence-corrected chi connectivity index (χ2v) is 3.55. The second-order valence-electron chi connectivity index (χ2n) is 3.15. The highest BCUT2D eigenvalue weighted by molar-refractivity contribution is 6.35. The number of carbonyl (C=O) groups excluding carboxylic acids is 1. The maximum atomic E-state index is 10.5. The molecule has 0 saturated carbocycles. The monoisotopic (exact) mass is 236 g/mol. The van der Waals surface area contributed by atoms with E-state index in [4.69, 9.17) is 21.1 Å². The second kappa shape index (κ2) is 4.41. The van der Waals surface area contributed by atoms with Gasteiger partial charge < -0.3 is 9.47 Å². The fraction of sp³-hybridized carbons (Fsp3) is 0.0833. The van der Waals surface area contributed by atoms with Gasteiger partial charge in [-0.1, -0.05) is 23.7 Å². The highest BCUT2D eigenvalue weighted by Gasteiger charge is 2.10. The summed E-state index contributed by atoms with van der Waals surface area (Å²) in [5.41, 5.74) is 0. The lowest BCUT2D eigenvalue weighted by atomic mass is 10.1. The molecule has 0 spiro atoms. The summed E-state index contributed by atoms with van der Waals surface area (Å²) >= 11 is 6.04. The van der Waals surface area contributed by atoms with Crippen LogP contribution >= 0.6 is 11.6 Å². The fourth-order valence-corrected chi connectivity index (χ4v) is 1.84. The van der Waals surface area contributed by atoms with E-state index in [0.717, 1.165) is 10.8 Å². The van der Waals surface area contributed by atoms with Crippen molar-refractivity contribution in [3.05, 3.63) is 35.4 Å². The summed E-state index contributed by atoms with van der Waals surface area (Å²) in [5, 5.41) is 2.18. The van der Waals surface area contributed by atoms with Crippen LogP contribution in [-0.4, -0.2) is 13.6 Å². The Morgan fingerprint density at radius 2 is 2.00 bits per heavy atom. The molecular formula is C12H9ClO3. The van der Waals surface area contributed by atoms with Crippen LogP contribution < -0.4 is 9.47 Å². The van der Waals surface area contributed by atoms with Gasteiger partial charge >= 0.3 is 0 Å². The Labute approximate surface area is 97.5 Å². The molecule has 0 aliphatic heterocycles. The minimum Gasteiger partial charge on any atom is -0.493 e. The minimum absolute atomic E-state index is 0.373. The van der Waals surface area contributed by atoms with E-state index in [-0.39, 0.29) is 0 Å². The highest BCUT2D eigenvalue weighted by atomic mass is 35.5. The molecule has 0 radical (unpaired) electrons. The lowest BCUT2D eigenvalue weighted by Gasteiger charge is -2.10. The Morgan fingerprint density at radius 3 is 2.69 bits per heavy atom. The summed E-state index contributed by atoms with van der Waals surface area (Å²) in [6.07, 6.45) is 0. The van der Waals surface area contributed by atoms with Gasteiger partial charge in [0.2, 0.25) is 0 Å². The Kier molecular flexibility index (Phi) is 2.97. The number of carbonyl (C=O) groups is 1. The number of ether oxygens (including phenoxy) is 2.